The lowest BCUT2D eigenvalue weighted by molar-refractivity contribution is -0.146. The summed E-state index contributed by atoms with van der Waals surface area (Å²) in [5, 5.41) is 19.3. The van der Waals surface area contributed by atoms with Gasteiger partial charge in [0, 0.05) is 25.9 Å². The van der Waals surface area contributed by atoms with E-state index in [4.69, 9.17) is 0 Å². The number of aliphatic carboxylic acids is 1. The molecule has 0 saturated carbocycles. The molecule has 2 aromatic rings. The van der Waals surface area contributed by atoms with Crippen LogP contribution in [0, 0.1) is 0 Å². The van der Waals surface area contributed by atoms with Crippen LogP contribution < -0.4 is 0 Å². The van der Waals surface area contributed by atoms with E-state index >= 15 is 0 Å². The minimum atomic E-state index is -1.28. The number of carbonyl (C=O) groups is 1. The molecule has 2 N–H and O–H groups in total. The largest absolute Gasteiger partial charge is 0.481 e. The number of imidazole rings is 1. The zero-order valence-corrected chi connectivity index (χ0v) is 11.4. The molecular weight excluding hydrogens is 256 g/mol. The summed E-state index contributed by atoms with van der Waals surface area (Å²) < 4.78 is 1.86. The summed E-state index contributed by atoms with van der Waals surface area (Å²) in [6, 6.07) is 8.87. The molecule has 0 saturated heterocycles. The summed E-state index contributed by atoms with van der Waals surface area (Å²) in [6.07, 6.45) is 4.29. The van der Waals surface area contributed by atoms with Gasteiger partial charge in [0.2, 0.25) is 0 Å². The number of hydrogen-bond acceptors (Lipinski definition) is 3. The number of rotatable bonds is 6. The number of carboxylic acids is 1. The van der Waals surface area contributed by atoms with E-state index in [-0.39, 0.29) is 0 Å². The van der Waals surface area contributed by atoms with Gasteiger partial charge in [-0.25, -0.2) is 4.98 Å². The van der Waals surface area contributed by atoms with Gasteiger partial charge in [-0.3, -0.25) is 4.79 Å². The summed E-state index contributed by atoms with van der Waals surface area (Å²) in [4.78, 5) is 15.9. The van der Waals surface area contributed by atoms with Crippen LogP contribution in [-0.4, -0.2) is 32.3 Å². The van der Waals surface area contributed by atoms with Crippen LogP contribution in [0.15, 0.2) is 42.7 Å². The number of nitrogens with zero attached hydrogens (tertiary/aromatic N) is 2. The van der Waals surface area contributed by atoms with Gasteiger partial charge in [-0.15, -0.1) is 0 Å². The zero-order valence-electron chi connectivity index (χ0n) is 11.4. The Morgan fingerprint density at radius 1 is 1.35 bits per heavy atom. The highest BCUT2D eigenvalue weighted by Crippen LogP contribution is 2.29. The topological polar surface area (TPSA) is 75.3 Å². The van der Waals surface area contributed by atoms with E-state index in [2.05, 4.69) is 4.98 Å². The van der Waals surface area contributed by atoms with E-state index in [0.717, 1.165) is 5.82 Å². The number of benzene rings is 1. The third-order valence-corrected chi connectivity index (χ3v) is 3.70. The van der Waals surface area contributed by atoms with Gasteiger partial charge in [-0.1, -0.05) is 30.3 Å². The molecule has 20 heavy (non-hydrogen) atoms. The molecule has 5 heteroatoms. The first-order valence-electron chi connectivity index (χ1n) is 6.46. The van der Waals surface area contributed by atoms with E-state index in [9.17, 15) is 15.0 Å². The average molecular weight is 274 g/mol. The molecule has 0 aliphatic rings. The van der Waals surface area contributed by atoms with Crippen molar-refractivity contribution in [3.05, 3.63) is 54.1 Å². The van der Waals surface area contributed by atoms with Gasteiger partial charge in [0.1, 0.15) is 11.2 Å². The third kappa shape index (κ3) is 2.58. The van der Waals surface area contributed by atoms with Crippen molar-refractivity contribution in [2.45, 2.75) is 18.3 Å². The molecule has 0 radical (unpaired) electrons. The third-order valence-electron chi connectivity index (χ3n) is 3.70. The van der Waals surface area contributed by atoms with Crippen molar-refractivity contribution in [3.63, 3.8) is 0 Å². The maximum absolute atomic E-state index is 11.7. The lowest BCUT2D eigenvalue weighted by Gasteiger charge is -2.27. The van der Waals surface area contributed by atoms with Gasteiger partial charge < -0.3 is 14.8 Å². The number of aliphatic hydroxyl groups excluding tert-OH is 1. The Balaban J connectivity index is 2.29. The number of carboxylic acid groups (broad SMARTS) is 1. The number of aryl methyl sites for hydroxylation is 2. The molecule has 0 aliphatic carbocycles. The van der Waals surface area contributed by atoms with Gasteiger partial charge in [0.15, 0.2) is 0 Å². The Hall–Kier alpha value is -2.14. The van der Waals surface area contributed by atoms with Gasteiger partial charge in [0.25, 0.3) is 0 Å². The molecule has 0 spiro atoms. The lowest BCUT2D eigenvalue weighted by Crippen LogP contribution is -2.40. The van der Waals surface area contributed by atoms with Crippen LogP contribution in [0.25, 0.3) is 0 Å². The SMILES string of the molecule is Cn1ccnc1CC[C@](CO)(C(=O)O)c1ccccc1. The molecule has 0 aliphatic heterocycles. The molecule has 1 atom stereocenters. The Bertz CT molecular complexity index is 580. The second-order valence-electron chi connectivity index (χ2n) is 4.87. The van der Waals surface area contributed by atoms with Crippen molar-refractivity contribution in [1.82, 2.24) is 9.55 Å². The van der Waals surface area contributed by atoms with Crippen molar-refractivity contribution < 1.29 is 15.0 Å². The first-order chi connectivity index (χ1) is 9.60. The lowest BCUT2D eigenvalue weighted by atomic mass is 9.77. The summed E-state index contributed by atoms with van der Waals surface area (Å²) in [5.41, 5.74) is -0.670. The van der Waals surface area contributed by atoms with Crippen LogP contribution in [0.3, 0.4) is 0 Å². The van der Waals surface area contributed by atoms with Crippen molar-refractivity contribution in [3.8, 4) is 0 Å². The molecular formula is C15H18N2O3. The van der Waals surface area contributed by atoms with Crippen molar-refractivity contribution in [1.29, 1.82) is 0 Å². The van der Waals surface area contributed by atoms with Gasteiger partial charge in [-0.2, -0.15) is 0 Å². The van der Waals surface area contributed by atoms with Gasteiger partial charge in [-0.05, 0) is 12.0 Å². The molecule has 1 heterocycles. The average Bonchev–Trinajstić information content (AvgIpc) is 2.86. The van der Waals surface area contributed by atoms with Crippen LogP contribution in [0.2, 0.25) is 0 Å². The highest BCUT2D eigenvalue weighted by Gasteiger charge is 2.39. The standard InChI is InChI=1S/C15H18N2O3/c1-17-10-9-16-13(17)7-8-15(11-18,14(19)20)12-5-3-2-4-6-12/h2-6,9-10,18H,7-8,11H2,1H3,(H,19,20)/t15-/m1/s1. The first-order valence-corrected chi connectivity index (χ1v) is 6.46. The van der Waals surface area contributed by atoms with E-state index in [1.54, 1.807) is 30.5 Å². The summed E-state index contributed by atoms with van der Waals surface area (Å²) in [7, 11) is 1.87. The number of hydrogen-bond donors (Lipinski definition) is 2. The molecule has 1 aromatic carbocycles. The van der Waals surface area contributed by atoms with E-state index < -0.39 is 18.0 Å². The molecule has 0 bridgehead atoms. The molecule has 2 rings (SSSR count). The molecule has 5 nitrogen and oxygen atoms in total. The minimum absolute atomic E-state index is 0.299. The van der Waals surface area contributed by atoms with Crippen LogP contribution in [0.5, 0.6) is 0 Å². The fraction of sp³-hybridized carbons (Fsp3) is 0.333. The predicted octanol–water partition coefficient (Wildman–Crippen LogP) is 1.37. The Morgan fingerprint density at radius 3 is 2.55 bits per heavy atom. The van der Waals surface area contributed by atoms with Crippen molar-refractivity contribution in [2.24, 2.45) is 7.05 Å². The van der Waals surface area contributed by atoms with Crippen molar-refractivity contribution >= 4 is 5.97 Å². The molecule has 0 fully saturated rings. The maximum atomic E-state index is 11.7. The molecule has 1 aromatic heterocycles. The van der Waals surface area contributed by atoms with Gasteiger partial charge in [0.05, 0.1) is 6.61 Å². The Morgan fingerprint density at radius 2 is 2.05 bits per heavy atom. The van der Waals surface area contributed by atoms with E-state index in [1.807, 2.05) is 23.9 Å². The normalized spacial score (nSPS) is 13.9. The van der Waals surface area contributed by atoms with Crippen LogP contribution in [0.4, 0.5) is 0 Å². The van der Waals surface area contributed by atoms with Gasteiger partial charge >= 0.3 is 5.97 Å². The minimum Gasteiger partial charge on any atom is -0.481 e. The predicted molar refractivity (Wildman–Crippen MR) is 74.4 cm³/mol. The summed E-state index contributed by atoms with van der Waals surface area (Å²) in [6.45, 7) is -0.434. The molecule has 106 valence electrons. The monoisotopic (exact) mass is 274 g/mol. The number of aromatic nitrogens is 2. The van der Waals surface area contributed by atoms with E-state index in [0.29, 0.717) is 18.4 Å². The van der Waals surface area contributed by atoms with Crippen LogP contribution >= 0.6 is 0 Å². The van der Waals surface area contributed by atoms with Crippen LogP contribution in [-0.2, 0) is 23.7 Å². The highest BCUT2D eigenvalue weighted by molar-refractivity contribution is 5.81. The fourth-order valence-electron chi connectivity index (χ4n) is 2.33. The second-order valence-corrected chi connectivity index (χ2v) is 4.87. The van der Waals surface area contributed by atoms with Crippen molar-refractivity contribution in [2.75, 3.05) is 6.61 Å². The maximum Gasteiger partial charge on any atom is 0.316 e. The zero-order chi connectivity index (χ0) is 14.6. The highest BCUT2D eigenvalue weighted by atomic mass is 16.4. The smallest absolute Gasteiger partial charge is 0.316 e. The first kappa shape index (κ1) is 14.3. The fourth-order valence-corrected chi connectivity index (χ4v) is 2.33. The summed E-state index contributed by atoms with van der Waals surface area (Å²) >= 11 is 0. The second kappa shape index (κ2) is 5.88. The number of aliphatic hydroxyl groups is 1. The van der Waals surface area contributed by atoms with E-state index in [1.165, 1.54) is 0 Å². The Labute approximate surface area is 117 Å². The van der Waals surface area contributed by atoms with Crippen LogP contribution in [0.1, 0.15) is 17.8 Å². The molecule has 0 amide bonds. The molecule has 0 unspecified atom stereocenters. The summed E-state index contributed by atoms with van der Waals surface area (Å²) in [5.74, 6) is -0.208. The quantitative estimate of drug-likeness (QED) is 0.834. The Kier molecular flexibility index (Phi) is 4.20.